The smallest absolute Gasteiger partial charge is 0.367 e. The van der Waals surface area contributed by atoms with Gasteiger partial charge in [0.25, 0.3) is 0 Å². The number of alkyl halides is 3. The van der Waals surface area contributed by atoms with E-state index in [0.717, 1.165) is 6.92 Å². The van der Waals surface area contributed by atoms with Crippen LogP contribution in [0.3, 0.4) is 0 Å². The van der Waals surface area contributed by atoms with Crippen molar-refractivity contribution in [3.05, 3.63) is 0 Å². The Morgan fingerprint density at radius 1 is 0.810 bits per heavy atom. The van der Waals surface area contributed by atoms with Crippen LogP contribution in [0.5, 0.6) is 0 Å². The lowest BCUT2D eigenvalue weighted by atomic mass is 9.62. The van der Waals surface area contributed by atoms with Gasteiger partial charge in [-0.15, -0.1) is 0 Å². The summed E-state index contributed by atoms with van der Waals surface area (Å²) in [5, 5.41) is 10.4. The first-order chi connectivity index (χ1) is 9.26. The van der Waals surface area contributed by atoms with Gasteiger partial charge in [0.05, 0.1) is 0 Å². The maximum atomic E-state index is 12.7. The fourth-order valence-electron chi connectivity index (χ4n) is 2.72. The average Bonchev–Trinajstić information content (AvgIpc) is 2.34. The Kier molecular flexibility index (Phi) is 7.21. The summed E-state index contributed by atoms with van der Waals surface area (Å²) in [4.78, 5) is 0. The van der Waals surface area contributed by atoms with Gasteiger partial charge in [0.15, 0.2) is 12.4 Å². The van der Waals surface area contributed by atoms with E-state index in [2.05, 4.69) is 0 Å². The molecule has 0 saturated heterocycles. The summed E-state index contributed by atoms with van der Waals surface area (Å²) < 4.78 is 43.0. The molecule has 0 aromatic carbocycles. The Labute approximate surface area is 127 Å². The van der Waals surface area contributed by atoms with E-state index in [1.807, 2.05) is 48.5 Å². The van der Waals surface area contributed by atoms with Gasteiger partial charge in [0.1, 0.15) is 0 Å². The third-order valence-electron chi connectivity index (χ3n) is 5.29. The molecule has 5 heteroatoms. The molecule has 0 rings (SSSR count). The van der Waals surface area contributed by atoms with Gasteiger partial charge >= 0.3 is 6.18 Å². The first-order valence-electron chi connectivity index (χ1n) is 7.66. The number of aliphatic hydroxyl groups excluding tert-OH is 1. The Balaban J connectivity index is 5.40. The van der Waals surface area contributed by atoms with Crippen molar-refractivity contribution in [2.45, 2.75) is 74.0 Å². The fourth-order valence-corrected chi connectivity index (χ4v) is 2.72. The summed E-state index contributed by atoms with van der Waals surface area (Å²) in [7, 11) is 0. The van der Waals surface area contributed by atoms with Gasteiger partial charge in [-0.1, -0.05) is 48.5 Å². The summed E-state index contributed by atoms with van der Waals surface area (Å²) in [6.45, 7) is 14.7. The van der Waals surface area contributed by atoms with Crippen LogP contribution in [0.25, 0.3) is 0 Å². The minimum absolute atomic E-state index is 0.0188. The van der Waals surface area contributed by atoms with Crippen molar-refractivity contribution >= 4 is 0 Å². The predicted molar refractivity (Wildman–Crippen MR) is 78.7 cm³/mol. The number of aliphatic hydroxyl groups is 1. The highest BCUT2D eigenvalue weighted by Crippen LogP contribution is 2.46. The van der Waals surface area contributed by atoms with Crippen LogP contribution in [-0.4, -0.2) is 23.7 Å². The Morgan fingerprint density at radius 2 is 1.14 bits per heavy atom. The lowest BCUT2D eigenvalue weighted by Crippen LogP contribution is -2.50. The van der Waals surface area contributed by atoms with Crippen molar-refractivity contribution < 1.29 is 23.0 Å². The number of hydrogen-bond donors (Lipinski definition) is 1. The minimum Gasteiger partial charge on any atom is -0.367 e. The van der Waals surface area contributed by atoms with Gasteiger partial charge in [-0.25, -0.2) is 0 Å². The monoisotopic (exact) mass is 312 g/mol. The van der Waals surface area contributed by atoms with Crippen LogP contribution in [0.15, 0.2) is 0 Å². The van der Waals surface area contributed by atoms with Crippen LogP contribution in [-0.2, 0) is 4.74 Å². The van der Waals surface area contributed by atoms with Gasteiger partial charge in [-0.3, -0.25) is 0 Å². The zero-order valence-electron chi connectivity index (χ0n) is 14.5. The van der Waals surface area contributed by atoms with E-state index >= 15 is 0 Å². The SMILES string of the molecule is CC(C)C(C)C(C)(C(O)OC(C)C(F)(F)F)C(C)C(C)C. The molecule has 0 radical (unpaired) electrons. The van der Waals surface area contributed by atoms with Crippen LogP contribution in [0.2, 0.25) is 0 Å². The first kappa shape index (κ1) is 20.7. The van der Waals surface area contributed by atoms with E-state index in [4.69, 9.17) is 4.74 Å². The second-order valence-corrected chi connectivity index (χ2v) is 7.10. The van der Waals surface area contributed by atoms with Gasteiger partial charge < -0.3 is 9.84 Å². The van der Waals surface area contributed by atoms with E-state index in [1.54, 1.807) is 0 Å². The van der Waals surface area contributed by atoms with Crippen molar-refractivity contribution in [2.24, 2.45) is 29.1 Å². The van der Waals surface area contributed by atoms with Crippen LogP contribution >= 0.6 is 0 Å². The highest BCUT2D eigenvalue weighted by atomic mass is 19.4. The Hall–Kier alpha value is -0.290. The molecule has 0 heterocycles. The van der Waals surface area contributed by atoms with Gasteiger partial charge in [-0.2, -0.15) is 13.2 Å². The lowest BCUT2D eigenvalue weighted by Gasteiger charge is -2.47. The predicted octanol–water partition coefficient (Wildman–Crippen LogP) is 4.86. The van der Waals surface area contributed by atoms with E-state index in [-0.39, 0.29) is 23.7 Å². The minimum atomic E-state index is -4.47. The molecule has 0 aromatic rings. The number of rotatable bonds is 7. The van der Waals surface area contributed by atoms with Crippen molar-refractivity contribution in [3.8, 4) is 0 Å². The van der Waals surface area contributed by atoms with Crippen molar-refractivity contribution in [3.63, 3.8) is 0 Å². The fraction of sp³-hybridized carbons (Fsp3) is 1.00. The van der Waals surface area contributed by atoms with Gasteiger partial charge in [-0.05, 0) is 30.6 Å². The topological polar surface area (TPSA) is 29.5 Å². The zero-order valence-corrected chi connectivity index (χ0v) is 14.5. The second-order valence-electron chi connectivity index (χ2n) is 7.10. The highest BCUT2D eigenvalue weighted by molar-refractivity contribution is 4.90. The number of halogens is 3. The molecule has 0 aliphatic rings. The molecule has 1 N–H and O–H groups in total. The lowest BCUT2D eigenvalue weighted by molar-refractivity contribution is -0.294. The van der Waals surface area contributed by atoms with E-state index < -0.39 is 24.0 Å². The molecule has 0 amide bonds. The average molecular weight is 312 g/mol. The van der Waals surface area contributed by atoms with Gasteiger partial charge in [0.2, 0.25) is 0 Å². The Bertz CT molecular complexity index is 299. The van der Waals surface area contributed by atoms with Crippen LogP contribution in [0.1, 0.15) is 55.4 Å². The highest BCUT2D eigenvalue weighted by Gasteiger charge is 2.48. The summed E-state index contributed by atoms with van der Waals surface area (Å²) in [6.07, 6.45) is -7.90. The maximum Gasteiger partial charge on any atom is 0.414 e. The molecule has 0 saturated carbocycles. The molecular formula is C16H31F3O2. The van der Waals surface area contributed by atoms with Crippen LogP contribution in [0.4, 0.5) is 13.2 Å². The van der Waals surface area contributed by atoms with Gasteiger partial charge in [0, 0.05) is 5.41 Å². The molecule has 4 unspecified atom stereocenters. The van der Waals surface area contributed by atoms with Crippen molar-refractivity contribution in [1.29, 1.82) is 0 Å². The molecule has 0 fully saturated rings. The standard InChI is InChI=1S/C16H31F3O2/c1-9(2)11(5)15(8,12(6)10(3)4)14(20)21-13(7)16(17,18)19/h9-14,20H,1-8H3. The number of ether oxygens (including phenoxy) is 1. The van der Waals surface area contributed by atoms with Crippen molar-refractivity contribution in [2.75, 3.05) is 0 Å². The number of hydrogen-bond acceptors (Lipinski definition) is 2. The first-order valence-corrected chi connectivity index (χ1v) is 7.66. The quantitative estimate of drug-likeness (QED) is 0.680. The zero-order chi connectivity index (χ0) is 17.2. The molecule has 0 aromatic heterocycles. The summed E-state index contributed by atoms with van der Waals surface area (Å²) in [6, 6.07) is 0. The van der Waals surface area contributed by atoms with E-state index in [0.29, 0.717) is 0 Å². The molecule has 0 aliphatic carbocycles. The molecule has 2 nitrogen and oxygen atoms in total. The molecule has 0 aliphatic heterocycles. The summed E-state index contributed by atoms with van der Waals surface area (Å²) >= 11 is 0. The van der Waals surface area contributed by atoms with Crippen LogP contribution in [0, 0.1) is 29.1 Å². The molecular weight excluding hydrogens is 281 g/mol. The summed E-state index contributed by atoms with van der Waals surface area (Å²) in [5.41, 5.74) is -0.748. The van der Waals surface area contributed by atoms with Crippen molar-refractivity contribution in [1.82, 2.24) is 0 Å². The van der Waals surface area contributed by atoms with E-state index in [9.17, 15) is 18.3 Å². The third kappa shape index (κ3) is 4.85. The molecule has 0 bridgehead atoms. The molecule has 4 atom stereocenters. The normalized spacial score (nSPS) is 22.0. The van der Waals surface area contributed by atoms with E-state index in [1.165, 1.54) is 0 Å². The molecule has 128 valence electrons. The van der Waals surface area contributed by atoms with Crippen LogP contribution < -0.4 is 0 Å². The molecule has 0 spiro atoms. The molecule has 21 heavy (non-hydrogen) atoms. The second kappa shape index (κ2) is 7.32. The third-order valence-corrected chi connectivity index (χ3v) is 5.29. The largest absolute Gasteiger partial charge is 0.414 e. The maximum absolute atomic E-state index is 12.7. The summed E-state index contributed by atoms with van der Waals surface area (Å²) in [5.74, 6) is 0.502. The Morgan fingerprint density at radius 3 is 1.38 bits per heavy atom.